The maximum absolute atomic E-state index is 13.1. The van der Waals surface area contributed by atoms with E-state index in [9.17, 15) is 8.42 Å². The van der Waals surface area contributed by atoms with Gasteiger partial charge in [-0.3, -0.25) is 0 Å². The highest BCUT2D eigenvalue weighted by Crippen LogP contribution is 2.38. The summed E-state index contributed by atoms with van der Waals surface area (Å²) in [6, 6.07) is 8.83. The van der Waals surface area contributed by atoms with Crippen molar-refractivity contribution >= 4 is 27.4 Å². The molecule has 0 spiro atoms. The Morgan fingerprint density at radius 2 is 1.85 bits per heavy atom. The fourth-order valence-electron chi connectivity index (χ4n) is 3.38. The van der Waals surface area contributed by atoms with Crippen LogP contribution in [0.25, 0.3) is 0 Å². The minimum absolute atomic E-state index is 0.362. The zero-order chi connectivity index (χ0) is 18.9. The predicted molar refractivity (Wildman–Crippen MR) is 105 cm³/mol. The molecule has 1 saturated heterocycles. The summed E-state index contributed by atoms with van der Waals surface area (Å²) in [5.41, 5.74) is 0.728. The van der Waals surface area contributed by atoms with Gasteiger partial charge in [0.05, 0.1) is 4.90 Å². The third kappa shape index (κ3) is 4.25. The third-order valence-electron chi connectivity index (χ3n) is 5.02. The van der Waals surface area contributed by atoms with Gasteiger partial charge in [-0.2, -0.15) is 4.31 Å². The molecule has 1 aromatic carbocycles. The molecule has 0 unspecified atom stereocenters. The average molecular weight is 407 g/mol. The van der Waals surface area contributed by atoms with Gasteiger partial charge in [0.15, 0.2) is 0 Å². The van der Waals surface area contributed by atoms with Gasteiger partial charge in [-0.25, -0.2) is 18.4 Å². The van der Waals surface area contributed by atoms with E-state index >= 15 is 0 Å². The maximum Gasteiger partial charge on any atom is 0.243 e. The number of piperidine rings is 1. The van der Waals surface area contributed by atoms with Crippen LogP contribution < -0.4 is 5.32 Å². The van der Waals surface area contributed by atoms with E-state index in [4.69, 9.17) is 11.6 Å². The largest absolute Gasteiger partial charge is 0.366 e. The smallest absolute Gasteiger partial charge is 0.243 e. The highest BCUT2D eigenvalue weighted by Gasteiger charge is 2.29. The molecule has 144 valence electrons. The monoisotopic (exact) mass is 406 g/mol. The second-order valence-corrected chi connectivity index (χ2v) is 9.43. The van der Waals surface area contributed by atoms with Crippen molar-refractivity contribution in [3.05, 3.63) is 46.9 Å². The van der Waals surface area contributed by atoms with Gasteiger partial charge in [0.25, 0.3) is 0 Å². The average Bonchev–Trinajstić information content (AvgIpc) is 3.52. The molecule has 1 N–H and O–H groups in total. The first-order valence-corrected chi connectivity index (χ1v) is 11.2. The van der Waals surface area contributed by atoms with Gasteiger partial charge in [-0.1, -0.05) is 36.2 Å². The SMILES string of the molecule is O=S(=O)(c1ccccc1CNc1cc(Cl)nc(C2CC2)n1)N1CCCCC1. The van der Waals surface area contributed by atoms with Crippen LogP contribution in [0.1, 0.15) is 49.4 Å². The van der Waals surface area contributed by atoms with Crippen molar-refractivity contribution in [1.82, 2.24) is 14.3 Å². The van der Waals surface area contributed by atoms with Crippen molar-refractivity contribution in [2.24, 2.45) is 0 Å². The second kappa shape index (κ2) is 7.73. The number of rotatable bonds is 6. The number of hydrogen-bond acceptors (Lipinski definition) is 5. The van der Waals surface area contributed by atoms with Crippen molar-refractivity contribution in [3.63, 3.8) is 0 Å². The quantitative estimate of drug-likeness (QED) is 0.738. The maximum atomic E-state index is 13.1. The van der Waals surface area contributed by atoms with Crippen molar-refractivity contribution < 1.29 is 8.42 Å². The molecule has 6 nitrogen and oxygen atoms in total. The lowest BCUT2D eigenvalue weighted by atomic mass is 10.2. The normalized spacial score (nSPS) is 18.4. The van der Waals surface area contributed by atoms with Crippen LogP contribution >= 0.6 is 11.6 Å². The van der Waals surface area contributed by atoms with Crippen molar-refractivity contribution in [2.75, 3.05) is 18.4 Å². The minimum atomic E-state index is -3.48. The lowest BCUT2D eigenvalue weighted by Gasteiger charge is -2.26. The predicted octanol–water partition coefficient (Wildman–Crippen LogP) is 3.79. The highest BCUT2D eigenvalue weighted by atomic mass is 35.5. The molecule has 0 atom stereocenters. The number of sulfonamides is 1. The van der Waals surface area contributed by atoms with Crippen LogP contribution in [0.3, 0.4) is 0 Å². The topological polar surface area (TPSA) is 75.2 Å². The van der Waals surface area contributed by atoms with Crippen LogP contribution in [0, 0.1) is 0 Å². The molecule has 8 heteroatoms. The molecule has 1 aromatic heterocycles. The van der Waals surface area contributed by atoms with Crippen molar-refractivity contribution in [1.29, 1.82) is 0 Å². The van der Waals surface area contributed by atoms with Crippen LogP contribution in [-0.2, 0) is 16.6 Å². The molecule has 27 heavy (non-hydrogen) atoms. The second-order valence-electron chi connectivity index (χ2n) is 7.13. The van der Waals surface area contributed by atoms with E-state index in [0.29, 0.717) is 41.4 Å². The van der Waals surface area contributed by atoms with E-state index in [0.717, 1.165) is 43.5 Å². The van der Waals surface area contributed by atoms with Crippen molar-refractivity contribution in [3.8, 4) is 0 Å². The van der Waals surface area contributed by atoms with Crippen LogP contribution in [0.5, 0.6) is 0 Å². The molecule has 1 aliphatic heterocycles. The first kappa shape index (κ1) is 18.7. The van der Waals surface area contributed by atoms with Gasteiger partial charge < -0.3 is 5.32 Å². The van der Waals surface area contributed by atoms with E-state index < -0.39 is 10.0 Å². The molecule has 4 rings (SSSR count). The summed E-state index contributed by atoms with van der Waals surface area (Å²) >= 11 is 6.12. The minimum Gasteiger partial charge on any atom is -0.366 e. The van der Waals surface area contributed by atoms with Gasteiger partial charge >= 0.3 is 0 Å². The summed E-state index contributed by atoms with van der Waals surface area (Å²) in [6.07, 6.45) is 5.12. The lowest BCUT2D eigenvalue weighted by molar-refractivity contribution is 0.346. The number of benzene rings is 1. The summed E-state index contributed by atoms with van der Waals surface area (Å²) in [5, 5.41) is 3.63. The van der Waals surface area contributed by atoms with E-state index in [1.54, 1.807) is 22.5 Å². The molecule has 2 fully saturated rings. The van der Waals surface area contributed by atoms with E-state index in [2.05, 4.69) is 15.3 Å². The first-order chi connectivity index (χ1) is 13.0. The number of hydrogen-bond donors (Lipinski definition) is 1. The Bertz CT molecular complexity index is 925. The Kier molecular flexibility index (Phi) is 5.34. The zero-order valence-corrected chi connectivity index (χ0v) is 16.6. The van der Waals surface area contributed by atoms with Gasteiger partial charge in [0, 0.05) is 31.6 Å². The molecule has 2 aromatic rings. The first-order valence-electron chi connectivity index (χ1n) is 9.40. The number of aromatic nitrogens is 2. The van der Waals surface area contributed by atoms with Crippen LogP contribution in [-0.4, -0.2) is 35.8 Å². The highest BCUT2D eigenvalue weighted by molar-refractivity contribution is 7.89. The number of halogens is 1. The molecule has 1 saturated carbocycles. The summed E-state index contributed by atoms with van der Waals surface area (Å²) in [6.45, 7) is 1.55. The molecule has 2 heterocycles. The Labute approximate surface area is 165 Å². The summed E-state index contributed by atoms with van der Waals surface area (Å²) < 4.78 is 27.8. The fraction of sp³-hybridized carbons (Fsp3) is 0.474. The van der Waals surface area contributed by atoms with Gasteiger partial charge in [-0.15, -0.1) is 0 Å². The van der Waals surface area contributed by atoms with Gasteiger partial charge in [-0.05, 0) is 37.3 Å². The van der Waals surface area contributed by atoms with Gasteiger partial charge in [0.1, 0.15) is 16.8 Å². The van der Waals surface area contributed by atoms with Crippen LogP contribution in [0.4, 0.5) is 5.82 Å². The van der Waals surface area contributed by atoms with Crippen LogP contribution in [0.2, 0.25) is 5.15 Å². The lowest BCUT2D eigenvalue weighted by Crippen LogP contribution is -2.36. The number of nitrogens with zero attached hydrogens (tertiary/aromatic N) is 3. The standard InChI is InChI=1S/C19H23ClN4O2S/c20-17-12-18(23-19(22-17)14-8-9-14)21-13-15-6-2-3-7-16(15)27(25,26)24-10-4-1-5-11-24/h2-3,6-7,12,14H,1,4-5,8-11,13H2,(H,21,22,23). The Morgan fingerprint density at radius 3 is 2.59 bits per heavy atom. The van der Waals surface area contributed by atoms with Crippen LogP contribution in [0.15, 0.2) is 35.2 Å². The van der Waals surface area contributed by atoms with E-state index in [1.165, 1.54) is 0 Å². The Balaban J connectivity index is 1.55. The van der Waals surface area contributed by atoms with E-state index in [1.807, 2.05) is 12.1 Å². The van der Waals surface area contributed by atoms with Gasteiger partial charge in [0.2, 0.25) is 10.0 Å². The third-order valence-corrected chi connectivity index (χ3v) is 7.21. The Morgan fingerprint density at radius 1 is 1.11 bits per heavy atom. The molecule has 0 bridgehead atoms. The molecule has 0 radical (unpaired) electrons. The molecular formula is C19H23ClN4O2S. The fourth-order valence-corrected chi connectivity index (χ4v) is 5.31. The van der Waals surface area contributed by atoms with Crippen molar-refractivity contribution in [2.45, 2.75) is 49.5 Å². The molecule has 1 aliphatic carbocycles. The molecular weight excluding hydrogens is 384 g/mol. The zero-order valence-electron chi connectivity index (χ0n) is 15.1. The number of nitrogens with one attached hydrogen (secondary N) is 1. The molecule has 2 aliphatic rings. The number of anilines is 1. The van der Waals surface area contributed by atoms with E-state index in [-0.39, 0.29) is 0 Å². The summed E-state index contributed by atoms with van der Waals surface area (Å²) in [7, 11) is -3.48. The Hall–Kier alpha value is -1.70. The molecule has 0 amide bonds. The summed E-state index contributed by atoms with van der Waals surface area (Å²) in [5.74, 6) is 1.79. The summed E-state index contributed by atoms with van der Waals surface area (Å²) in [4.78, 5) is 9.17.